The lowest BCUT2D eigenvalue weighted by Gasteiger charge is -2.29. The van der Waals surface area contributed by atoms with Crippen molar-refractivity contribution in [2.24, 2.45) is 5.73 Å². The Bertz CT molecular complexity index is 587. The molecular weight excluding hydrogens is 336 g/mol. The second kappa shape index (κ2) is 5.14. The highest BCUT2D eigenvalue weighted by Gasteiger charge is 2.28. The van der Waals surface area contributed by atoms with Gasteiger partial charge in [-0.1, -0.05) is 28.1 Å². The Labute approximate surface area is 120 Å². The van der Waals surface area contributed by atoms with Crippen molar-refractivity contribution in [2.45, 2.75) is 12.8 Å². The van der Waals surface area contributed by atoms with Crippen molar-refractivity contribution in [3.8, 4) is 0 Å². The Kier molecular flexibility index (Phi) is 3.93. The van der Waals surface area contributed by atoms with E-state index >= 15 is 0 Å². The molecule has 7 heteroatoms. The molecule has 1 heterocycles. The molecule has 1 fully saturated rings. The van der Waals surface area contributed by atoms with E-state index in [1.807, 2.05) is 0 Å². The smallest absolute Gasteiger partial charge is 0.235 e. The molecule has 1 saturated heterocycles. The summed E-state index contributed by atoms with van der Waals surface area (Å²) in [6.45, 7) is 0.486. The molecule has 18 heavy (non-hydrogen) atoms. The van der Waals surface area contributed by atoms with Gasteiger partial charge in [-0.25, -0.2) is 8.42 Å². The summed E-state index contributed by atoms with van der Waals surface area (Å²) in [5.74, 6) is 0.180. The van der Waals surface area contributed by atoms with Gasteiger partial charge in [0.15, 0.2) is 0 Å². The van der Waals surface area contributed by atoms with E-state index in [2.05, 4.69) is 15.9 Å². The molecule has 0 radical (unpaired) electrons. The standard InChI is InChI=1S/C11H13BrN2O2S2/c12-8-3-4-10(9(7-8)11(13)17)14-5-1-2-6-18(14,15)16/h3-4,7H,1-2,5-6H2,(H2,13,17). The van der Waals surface area contributed by atoms with Crippen LogP contribution in [-0.2, 0) is 10.0 Å². The SMILES string of the molecule is NC(=S)c1cc(Br)ccc1N1CCCCS1(=O)=O. The molecule has 98 valence electrons. The fraction of sp³-hybridized carbons (Fsp3) is 0.364. The lowest BCUT2D eigenvalue weighted by atomic mass is 10.1. The molecule has 0 atom stereocenters. The van der Waals surface area contributed by atoms with E-state index in [1.165, 1.54) is 4.31 Å². The van der Waals surface area contributed by atoms with Crippen LogP contribution in [-0.4, -0.2) is 25.7 Å². The maximum absolute atomic E-state index is 12.1. The van der Waals surface area contributed by atoms with Crippen LogP contribution in [0.2, 0.25) is 0 Å². The van der Waals surface area contributed by atoms with Gasteiger partial charge in [0, 0.05) is 16.6 Å². The van der Waals surface area contributed by atoms with E-state index in [-0.39, 0.29) is 10.7 Å². The van der Waals surface area contributed by atoms with Gasteiger partial charge >= 0.3 is 0 Å². The number of sulfonamides is 1. The Hall–Kier alpha value is -0.660. The van der Waals surface area contributed by atoms with Crippen LogP contribution in [0.15, 0.2) is 22.7 Å². The quantitative estimate of drug-likeness (QED) is 0.830. The lowest BCUT2D eigenvalue weighted by molar-refractivity contribution is 0.574. The number of hydrogen-bond acceptors (Lipinski definition) is 3. The highest BCUT2D eigenvalue weighted by molar-refractivity contribution is 9.10. The predicted octanol–water partition coefficient (Wildman–Crippen LogP) is 2.01. The van der Waals surface area contributed by atoms with Gasteiger partial charge in [-0.3, -0.25) is 4.31 Å². The second-order valence-corrected chi connectivity index (χ2v) is 7.49. The highest BCUT2D eigenvalue weighted by atomic mass is 79.9. The van der Waals surface area contributed by atoms with Gasteiger partial charge in [0.25, 0.3) is 0 Å². The number of halogens is 1. The summed E-state index contributed by atoms with van der Waals surface area (Å²) in [6.07, 6.45) is 1.56. The molecule has 0 amide bonds. The summed E-state index contributed by atoms with van der Waals surface area (Å²) < 4.78 is 26.4. The van der Waals surface area contributed by atoms with Crippen molar-refractivity contribution in [3.05, 3.63) is 28.2 Å². The van der Waals surface area contributed by atoms with E-state index in [0.29, 0.717) is 24.2 Å². The molecule has 1 aliphatic rings. The van der Waals surface area contributed by atoms with Gasteiger partial charge in [-0.05, 0) is 31.0 Å². The first-order chi connectivity index (χ1) is 8.42. The number of rotatable bonds is 2. The predicted molar refractivity (Wildman–Crippen MR) is 80.4 cm³/mol. The van der Waals surface area contributed by atoms with Crippen LogP contribution in [0, 0.1) is 0 Å². The Morgan fingerprint density at radius 1 is 1.39 bits per heavy atom. The normalized spacial score (nSPS) is 18.6. The summed E-state index contributed by atoms with van der Waals surface area (Å²) in [5, 5.41) is 0. The minimum absolute atomic E-state index is 0.180. The fourth-order valence-electron chi connectivity index (χ4n) is 1.98. The molecule has 1 aromatic rings. The zero-order valence-electron chi connectivity index (χ0n) is 9.60. The van der Waals surface area contributed by atoms with E-state index in [0.717, 1.165) is 10.9 Å². The van der Waals surface area contributed by atoms with Gasteiger partial charge in [-0.2, -0.15) is 0 Å². The molecule has 1 aliphatic heterocycles. The minimum Gasteiger partial charge on any atom is -0.389 e. The molecule has 4 nitrogen and oxygen atoms in total. The van der Waals surface area contributed by atoms with Gasteiger partial charge < -0.3 is 5.73 Å². The van der Waals surface area contributed by atoms with Crippen LogP contribution in [0.3, 0.4) is 0 Å². The highest BCUT2D eigenvalue weighted by Crippen LogP contribution is 2.29. The first kappa shape index (κ1) is 13.8. The van der Waals surface area contributed by atoms with Crippen molar-refractivity contribution in [2.75, 3.05) is 16.6 Å². The number of benzene rings is 1. The van der Waals surface area contributed by atoms with Crippen LogP contribution in [0.1, 0.15) is 18.4 Å². The van der Waals surface area contributed by atoms with Crippen LogP contribution in [0.4, 0.5) is 5.69 Å². The van der Waals surface area contributed by atoms with E-state index < -0.39 is 10.0 Å². The first-order valence-corrected chi connectivity index (χ1v) is 8.32. The third-order valence-electron chi connectivity index (χ3n) is 2.84. The van der Waals surface area contributed by atoms with Crippen LogP contribution in [0.5, 0.6) is 0 Å². The molecule has 1 aromatic carbocycles. The van der Waals surface area contributed by atoms with Crippen LogP contribution >= 0.6 is 28.1 Å². The molecule has 0 unspecified atom stereocenters. The summed E-state index contributed by atoms with van der Waals surface area (Å²) in [4.78, 5) is 0.201. The summed E-state index contributed by atoms with van der Waals surface area (Å²) in [5.41, 5.74) is 6.83. The summed E-state index contributed by atoms with van der Waals surface area (Å²) in [6, 6.07) is 5.28. The fourth-order valence-corrected chi connectivity index (χ4v) is 4.16. The first-order valence-electron chi connectivity index (χ1n) is 5.51. The van der Waals surface area contributed by atoms with Crippen molar-refractivity contribution in [1.82, 2.24) is 0 Å². The zero-order chi connectivity index (χ0) is 13.3. The number of nitrogens with two attached hydrogens (primary N) is 1. The average molecular weight is 349 g/mol. The van der Waals surface area contributed by atoms with Gasteiger partial charge in [0.2, 0.25) is 10.0 Å². The Balaban J connectivity index is 2.53. The van der Waals surface area contributed by atoms with Crippen molar-refractivity contribution in [3.63, 3.8) is 0 Å². The summed E-state index contributed by atoms with van der Waals surface area (Å²) in [7, 11) is -3.24. The zero-order valence-corrected chi connectivity index (χ0v) is 12.8. The molecule has 0 aromatic heterocycles. The van der Waals surface area contributed by atoms with Gasteiger partial charge in [0.1, 0.15) is 4.99 Å². The molecular formula is C11H13BrN2O2S2. The maximum Gasteiger partial charge on any atom is 0.235 e. The lowest BCUT2D eigenvalue weighted by Crippen LogP contribution is -2.39. The molecule has 0 bridgehead atoms. The molecule has 0 saturated carbocycles. The third kappa shape index (κ3) is 2.67. The number of nitrogens with zero attached hydrogens (tertiary/aromatic N) is 1. The largest absolute Gasteiger partial charge is 0.389 e. The van der Waals surface area contributed by atoms with Crippen LogP contribution < -0.4 is 10.0 Å². The molecule has 2 rings (SSSR count). The topological polar surface area (TPSA) is 63.4 Å². The van der Waals surface area contributed by atoms with Gasteiger partial charge in [0.05, 0.1) is 11.4 Å². The molecule has 0 aliphatic carbocycles. The monoisotopic (exact) mass is 348 g/mol. The number of anilines is 1. The van der Waals surface area contributed by atoms with Crippen LogP contribution in [0.25, 0.3) is 0 Å². The molecule has 2 N–H and O–H groups in total. The number of hydrogen-bond donors (Lipinski definition) is 1. The Morgan fingerprint density at radius 2 is 2.11 bits per heavy atom. The third-order valence-corrected chi connectivity index (χ3v) is 5.41. The molecule has 0 spiro atoms. The summed E-state index contributed by atoms with van der Waals surface area (Å²) >= 11 is 8.32. The van der Waals surface area contributed by atoms with Crippen molar-refractivity contribution in [1.29, 1.82) is 0 Å². The Morgan fingerprint density at radius 3 is 2.72 bits per heavy atom. The number of thiocarbonyl (C=S) groups is 1. The average Bonchev–Trinajstić information content (AvgIpc) is 2.29. The van der Waals surface area contributed by atoms with E-state index in [1.54, 1.807) is 18.2 Å². The van der Waals surface area contributed by atoms with E-state index in [4.69, 9.17) is 18.0 Å². The van der Waals surface area contributed by atoms with Gasteiger partial charge in [-0.15, -0.1) is 0 Å². The van der Waals surface area contributed by atoms with E-state index in [9.17, 15) is 8.42 Å². The van der Waals surface area contributed by atoms with Crippen molar-refractivity contribution >= 4 is 48.8 Å². The maximum atomic E-state index is 12.1. The second-order valence-electron chi connectivity index (χ2n) is 4.12. The van der Waals surface area contributed by atoms with Crippen molar-refractivity contribution < 1.29 is 8.42 Å². The minimum atomic E-state index is -3.24.